The molecule has 10 rings (SSSR count). The van der Waals surface area contributed by atoms with Crippen LogP contribution in [0.1, 0.15) is 98.5 Å². The van der Waals surface area contributed by atoms with E-state index >= 15 is 0 Å². The van der Waals surface area contributed by atoms with Crippen molar-refractivity contribution in [1.82, 2.24) is 9.55 Å². The molecule has 5 aromatic carbocycles. The minimum absolute atomic E-state index is 0. The van der Waals surface area contributed by atoms with E-state index < -0.39 is 0 Å². The van der Waals surface area contributed by atoms with E-state index in [1.54, 1.807) is 0 Å². The second-order valence-corrected chi connectivity index (χ2v) is 18.8. The van der Waals surface area contributed by atoms with Crippen molar-refractivity contribution in [1.29, 1.82) is 0 Å². The Labute approximate surface area is 357 Å². The van der Waals surface area contributed by atoms with Gasteiger partial charge in [-0.05, 0) is 87.8 Å². The van der Waals surface area contributed by atoms with Crippen LogP contribution in [0.2, 0.25) is 0 Å². The number of nitrogens with zero attached hydrogens (tertiary/aromatic N) is 4. The molecule has 1 aliphatic carbocycles. The fourth-order valence-electron chi connectivity index (χ4n) is 10.3. The van der Waals surface area contributed by atoms with Gasteiger partial charge in [-0.3, -0.25) is 4.99 Å². The van der Waals surface area contributed by atoms with Crippen LogP contribution in [0.3, 0.4) is 0 Å². The summed E-state index contributed by atoms with van der Waals surface area (Å²) in [4.78, 5) is 12.7. The minimum Gasteiger partial charge on any atom is -0.514 e. The summed E-state index contributed by atoms with van der Waals surface area (Å²) in [6.07, 6.45) is 2.77. The van der Waals surface area contributed by atoms with E-state index in [9.17, 15) is 0 Å². The predicted octanol–water partition coefficient (Wildman–Crippen LogP) is 12.2. The number of para-hydroxylation sites is 2. The topological polar surface area (TPSA) is 42.6 Å². The molecule has 0 saturated carbocycles. The van der Waals surface area contributed by atoms with Crippen molar-refractivity contribution in [3.63, 3.8) is 0 Å². The van der Waals surface area contributed by atoms with E-state index in [2.05, 4.69) is 182 Å². The molecule has 0 bridgehead atoms. The van der Waals surface area contributed by atoms with Crippen molar-refractivity contribution in [3.05, 3.63) is 159 Å². The van der Waals surface area contributed by atoms with Gasteiger partial charge in [-0.25, -0.2) is 4.98 Å². The number of aryl methyl sites for hydroxylation is 3. The zero-order valence-corrected chi connectivity index (χ0v) is 37.4. The molecule has 0 radical (unpaired) electrons. The van der Waals surface area contributed by atoms with E-state index in [0.29, 0.717) is 5.90 Å². The molecule has 0 spiro atoms. The van der Waals surface area contributed by atoms with Crippen molar-refractivity contribution in [2.75, 3.05) is 4.90 Å². The smallest absolute Gasteiger partial charge is 0.514 e. The number of aliphatic imine (C=N–C) groups is 1. The van der Waals surface area contributed by atoms with Crippen molar-refractivity contribution < 1.29 is 25.8 Å². The normalized spacial score (nSPS) is 18.8. The van der Waals surface area contributed by atoms with Gasteiger partial charge in [0.1, 0.15) is 17.8 Å². The zero-order chi connectivity index (χ0) is 39.8. The summed E-state index contributed by atoms with van der Waals surface area (Å²) in [5, 5.41) is 2.35. The predicted molar refractivity (Wildman–Crippen MR) is 234 cm³/mol. The summed E-state index contributed by atoms with van der Waals surface area (Å²) < 4.78 is 9.16. The van der Waals surface area contributed by atoms with Crippen LogP contribution in [-0.2, 0) is 48.5 Å². The molecular formula is C52H50N4OPt. The van der Waals surface area contributed by atoms with Crippen LogP contribution >= 0.6 is 0 Å². The van der Waals surface area contributed by atoms with Gasteiger partial charge in [0, 0.05) is 29.2 Å². The molecule has 7 aromatic rings. The van der Waals surface area contributed by atoms with Gasteiger partial charge in [0.25, 0.3) is 0 Å². The zero-order valence-electron chi connectivity index (χ0n) is 35.1. The molecule has 0 N–H and O–H groups in total. The first-order valence-corrected chi connectivity index (χ1v) is 20.4. The Hall–Kier alpha value is -4.99. The van der Waals surface area contributed by atoms with Crippen LogP contribution in [0.15, 0.2) is 102 Å². The van der Waals surface area contributed by atoms with Crippen LogP contribution in [0, 0.1) is 32.9 Å². The Kier molecular flexibility index (Phi) is 8.81. The van der Waals surface area contributed by atoms with Crippen molar-refractivity contribution >= 4 is 44.8 Å². The molecule has 0 unspecified atom stereocenters. The van der Waals surface area contributed by atoms with Crippen molar-refractivity contribution in [3.8, 4) is 5.82 Å². The summed E-state index contributed by atoms with van der Waals surface area (Å²) in [5.74, 6) is 1.57. The number of pyridine rings is 1. The minimum atomic E-state index is -0.293. The Bertz CT molecular complexity index is 2850. The SMILES string of the molecule is Cc1cc(C2=N[C@@H]3[C@H](Cc4cc(C)cc(C)c4C3(C)C)O2)[c-]c(N2c3[c-]c4c(cc3C(C)(C)c3ccccc32)c2ccccc2n4-c2cc(C(C)(C)C)ccn2)c1.[Pt+2]. The summed E-state index contributed by atoms with van der Waals surface area (Å²) in [6.45, 7) is 22.7. The summed E-state index contributed by atoms with van der Waals surface area (Å²) in [5.41, 5.74) is 15.9. The van der Waals surface area contributed by atoms with Crippen molar-refractivity contribution in [2.24, 2.45) is 4.99 Å². The van der Waals surface area contributed by atoms with E-state index in [0.717, 1.165) is 51.5 Å². The molecule has 6 heteroatoms. The van der Waals surface area contributed by atoms with Crippen LogP contribution in [0.25, 0.3) is 27.6 Å². The Balaban J connectivity index is 0.00000436. The molecule has 5 nitrogen and oxygen atoms in total. The Morgan fingerprint density at radius 3 is 2.33 bits per heavy atom. The third-order valence-electron chi connectivity index (χ3n) is 13.0. The van der Waals surface area contributed by atoms with Crippen LogP contribution < -0.4 is 4.90 Å². The average molecular weight is 942 g/mol. The molecule has 3 aliphatic rings. The molecule has 0 fully saturated rings. The molecule has 58 heavy (non-hydrogen) atoms. The maximum Gasteiger partial charge on any atom is 2.00 e. The van der Waals surface area contributed by atoms with E-state index in [1.165, 1.54) is 49.7 Å². The third kappa shape index (κ3) is 5.75. The first-order valence-electron chi connectivity index (χ1n) is 20.4. The molecule has 0 saturated heterocycles. The summed E-state index contributed by atoms with van der Waals surface area (Å²) >= 11 is 0. The van der Waals surface area contributed by atoms with Gasteiger partial charge in [0.2, 0.25) is 0 Å². The summed E-state index contributed by atoms with van der Waals surface area (Å²) in [7, 11) is 0. The number of benzene rings is 5. The van der Waals surface area contributed by atoms with Gasteiger partial charge in [0.15, 0.2) is 0 Å². The first kappa shape index (κ1) is 38.5. The van der Waals surface area contributed by atoms with Crippen LogP contribution in [0.4, 0.5) is 17.1 Å². The number of rotatable bonds is 3. The fourth-order valence-corrected chi connectivity index (χ4v) is 10.3. The third-order valence-corrected chi connectivity index (χ3v) is 13.0. The van der Waals surface area contributed by atoms with Crippen molar-refractivity contribution in [2.45, 2.75) is 104 Å². The number of hydrogen-bond donors (Lipinski definition) is 0. The summed E-state index contributed by atoms with van der Waals surface area (Å²) in [6, 6.07) is 41.2. The van der Waals surface area contributed by atoms with Gasteiger partial charge in [-0.1, -0.05) is 126 Å². The van der Waals surface area contributed by atoms with Gasteiger partial charge in [-0.15, -0.1) is 40.8 Å². The van der Waals surface area contributed by atoms with Gasteiger partial charge < -0.3 is 14.2 Å². The average Bonchev–Trinajstić information content (AvgIpc) is 3.73. The van der Waals surface area contributed by atoms with Gasteiger partial charge in [0.05, 0.1) is 6.04 Å². The van der Waals surface area contributed by atoms with E-state index in [4.69, 9.17) is 14.7 Å². The number of aromatic nitrogens is 2. The monoisotopic (exact) mass is 941 g/mol. The first-order chi connectivity index (χ1) is 27.1. The fraction of sp³-hybridized carbons (Fsp3) is 0.308. The number of fused-ring (bicyclic) bond motifs is 7. The molecule has 294 valence electrons. The molecule has 2 aromatic heterocycles. The Morgan fingerprint density at radius 1 is 0.793 bits per heavy atom. The van der Waals surface area contributed by atoms with Crippen LogP contribution in [0.5, 0.6) is 0 Å². The second kappa shape index (κ2) is 13.3. The second-order valence-electron chi connectivity index (χ2n) is 18.8. The largest absolute Gasteiger partial charge is 2.00 e. The van der Waals surface area contributed by atoms with Gasteiger partial charge in [-0.2, -0.15) is 6.07 Å². The molecular weight excluding hydrogens is 892 g/mol. The number of ether oxygens (including phenoxy) is 1. The Morgan fingerprint density at radius 2 is 1.53 bits per heavy atom. The molecule has 2 aliphatic heterocycles. The van der Waals surface area contributed by atoms with E-state index in [1.807, 2.05) is 6.20 Å². The number of anilines is 3. The quantitative estimate of drug-likeness (QED) is 0.166. The maximum atomic E-state index is 6.86. The maximum absolute atomic E-state index is 6.86. The number of hydrogen-bond acceptors (Lipinski definition) is 4. The van der Waals surface area contributed by atoms with Crippen LogP contribution in [-0.4, -0.2) is 27.6 Å². The molecule has 0 amide bonds. The molecule has 2 atom stereocenters. The van der Waals surface area contributed by atoms with Gasteiger partial charge >= 0.3 is 21.1 Å². The van der Waals surface area contributed by atoms with E-state index in [-0.39, 0.29) is 49.5 Å². The standard InChI is InChI=1S/C52H50N4O.Pt/c1-30-21-32(3)47-33(22-30)26-45-48(52(47,9)10)54-49(57-45)34-23-31(2)24-36(25-34)55-42-18-14-12-16-39(42)51(7,8)40-28-38-37-15-11-13-17-41(37)56(43(38)29-44(40)55)46-27-35(19-20-53-46)50(4,5)6;/h11-24,27-28,45,48H,26H2,1-10H3;/q-2;+2/t45-,48+;/m0./s1. The molecule has 4 heterocycles.